The lowest BCUT2D eigenvalue weighted by Crippen LogP contribution is -2.18. The first kappa shape index (κ1) is 12.3. The summed E-state index contributed by atoms with van der Waals surface area (Å²) in [6, 6.07) is 4.32. The van der Waals surface area contributed by atoms with E-state index >= 15 is 0 Å². The van der Waals surface area contributed by atoms with Gasteiger partial charge in [0.2, 0.25) is 0 Å². The first-order valence-electron chi connectivity index (χ1n) is 5.35. The van der Waals surface area contributed by atoms with Crippen molar-refractivity contribution in [2.45, 2.75) is 19.5 Å². The molecule has 5 heteroatoms. The first-order chi connectivity index (χ1) is 8.13. The van der Waals surface area contributed by atoms with Gasteiger partial charge < -0.3 is 10.3 Å². The second-order valence-corrected chi connectivity index (χ2v) is 4.63. The number of rotatable bonds is 3. The zero-order valence-electron chi connectivity index (χ0n) is 9.40. The van der Waals surface area contributed by atoms with Crippen LogP contribution in [-0.4, -0.2) is 9.55 Å². The minimum absolute atomic E-state index is 0.322. The highest BCUT2D eigenvalue weighted by Crippen LogP contribution is 2.23. The van der Waals surface area contributed by atoms with Crippen molar-refractivity contribution >= 4 is 15.9 Å². The maximum absolute atomic E-state index is 13.8. The summed E-state index contributed by atoms with van der Waals surface area (Å²) in [7, 11) is 0. The van der Waals surface area contributed by atoms with E-state index in [-0.39, 0.29) is 5.82 Å². The second-order valence-electron chi connectivity index (χ2n) is 3.71. The highest BCUT2D eigenvalue weighted by Gasteiger charge is 2.17. The molecule has 0 fully saturated rings. The van der Waals surface area contributed by atoms with E-state index in [4.69, 9.17) is 5.73 Å². The number of hydrogen-bond donors (Lipinski definition) is 1. The molecule has 1 unspecified atom stereocenters. The fourth-order valence-corrected chi connectivity index (χ4v) is 2.09. The average molecular weight is 298 g/mol. The van der Waals surface area contributed by atoms with Gasteiger partial charge >= 0.3 is 0 Å². The number of benzene rings is 1. The average Bonchev–Trinajstić information content (AvgIpc) is 2.76. The number of nitrogens with two attached hydrogens (primary N) is 1. The van der Waals surface area contributed by atoms with Gasteiger partial charge in [0.1, 0.15) is 11.6 Å². The van der Waals surface area contributed by atoms with Gasteiger partial charge in [-0.15, -0.1) is 0 Å². The Balaban J connectivity index is 2.40. The van der Waals surface area contributed by atoms with Crippen molar-refractivity contribution in [3.8, 4) is 0 Å². The number of nitrogens with zero attached hydrogens (tertiary/aromatic N) is 2. The third kappa shape index (κ3) is 2.40. The van der Waals surface area contributed by atoms with E-state index in [0.717, 1.165) is 6.54 Å². The van der Waals surface area contributed by atoms with Crippen LogP contribution in [0.3, 0.4) is 0 Å². The highest BCUT2D eigenvalue weighted by atomic mass is 79.9. The predicted octanol–water partition coefficient (Wildman–Crippen LogP) is 2.85. The fraction of sp³-hybridized carbons (Fsp3) is 0.250. The van der Waals surface area contributed by atoms with Gasteiger partial charge in [0.05, 0.1) is 6.04 Å². The van der Waals surface area contributed by atoms with Crippen molar-refractivity contribution in [3.63, 3.8) is 0 Å². The Kier molecular flexibility index (Phi) is 3.59. The lowest BCUT2D eigenvalue weighted by Gasteiger charge is -2.14. The fourth-order valence-electron chi connectivity index (χ4n) is 1.76. The Morgan fingerprint density at radius 1 is 1.53 bits per heavy atom. The minimum Gasteiger partial charge on any atom is -0.334 e. The van der Waals surface area contributed by atoms with Gasteiger partial charge in [-0.05, 0) is 19.1 Å². The van der Waals surface area contributed by atoms with Crippen LogP contribution >= 0.6 is 15.9 Å². The van der Waals surface area contributed by atoms with E-state index in [1.807, 2.05) is 17.7 Å². The molecule has 0 aliphatic heterocycles. The molecule has 90 valence electrons. The number of hydrogen-bond acceptors (Lipinski definition) is 2. The van der Waals surface area contributed by atoms with Crippen LogP contribution in [0.1, 0.15) is 24.4 Å². The standard InChI is InChI=1S/C12H13BrFN3/c1-2-17-6-5-16-12(17)11(15)9-4-3-8(13)7-10(9)14/h3-7,11H,2,15H2,1H3. The lowest BCUT2D eigenvalue weighted by atomic mass is 10.1. The monoisotopic (exact) mass is 297 g/mol. The largest absolute Gasteiger partial charge is 0.334 e. The van der Waals surface area contributed by atoms with Gasteiger partial charge in [0.15, 0.2) is 0 Å². The number of halogens is 2. The molecule has 1 aromatic carbocycles. The number of imidazole rings is 1. The number of aromatic nitrogens is 2. The van der Waals surface area contributed by atoms with Crippen molar-refractivity contribution in [2.24, 2.45) is 5.73 Å². The zero-order valence-corrected chi connectivity index (χ0v) is 11.0. The van der Waals surface area contributed by atoms with Crippen molar-refractivity contribution in [1.29, 1.82) is 0 Å². The quantitative estimate of drug-likeness (QED) is 0.947. The van der Waals surface area contributed by atoms with Crippen molar-refractivity contribution in [1.82, 2.24) is 9.55 Å². The van der Waals surface area contributed by atoms with Crippen LogP contribution in [0.4, 0.5) is 4.39 Å². The Hall–Kier alpha value is -1.20. The molecule has 1 aromatic heterocycles. The zero-order chi connectivity index (χ0) is 12.4. The normalized spacial score (nSPS) is 12.7. The third-order valence-electron chi connectivity index (χ3n) is 2.66. The molecule has 0 radical (unpaired) electrons. The summed E-state index contributed by atoms with van der Waals surface area (Å²) >= 11 is 3.22. The topological polar surface area (TPSA) is 43.8 Å². The van der Waals surface area contributed by atoms with Crippen LogP contribution in [0.15, 0.2) is 35.1 Å². The maximum Gasteiger partial charge on any atom is 0.130 e. The molecule has 1 atom stereocenters. The summed E-state index contributed by atoms with van der Waals surface area (Å²) in [4.78, 5) is 4.19. The smallest absolute Gasteiger partial charge is 0.130 e. The van der Waals surface area contributed by atoms with E-state index in [0.29, 0.717) is 15.9 Å². The minimum atomic E-state index is -0.543. The van der Waals surface area contributed by atoms with E-state index in [1.54, 1.807) is 18.3 Å². The maximum atomic E-state index is 13.8. The van der Waals surface area contributed by atoms with Gasteiger partial charge in [-0.2, -0.15) is 0 Å². The molecule has 0 aliphatic rings. The molecule has 0 amide bonds. The molecule has 17 heavy (non-hydrogen) atoms. The Morgan fingerprint density at radius 2 is 2.29 bits per heavy atom. The van der Waals surface area contributed by atoms with Gasteiger partial charge in [0.25, 0.3) is 0 Å². The van der Waals surface area contributed by atoms with E-state index < -0.39 is 6.04 Å². The summed E-state index contributed by atoms with van der Waals surface area (Å²) < 4.78 is 16.4. The summed E-state index contributed by atoms with van der Waals surface area (Å²) in [6.07, 6.45) is 3.52. The molecule has 3 nitrogen and oxygen atoms in total. The molecule has 0 bridgehead atoms. The van der Waals surface area contributed by atoms with Gasteiger partial charge in [-0.1, -0.05) is 22.0 Å². The Morgan fingerprint density at radius 3 is 2.94 bits per heavy atom. The van der Waals surface area contributed by atoms with Crippen molar-refractivity contribution < 1.29 is 4.39 Å². The number of aryl methyl sites for hydroxylation is 1. The van der Waals surface area contributed by atoms with Gasteiger partial charge in [-0.3, -0.25) is 0 Å². The van der Waals surface area contributed by atoms with E-state index in [2.05, 4.69) is 20.9 Å². The summed E-state index contributed by atoms with van der Waals surface area (Å²) in [6.45, 7) is 2.76. The Labute approximate surface area is 108 Å². The van der Waals surface area contributed by atoms with Crippen LogP contribution in [0, 0.1) is 5.82 Å². The van der Waals surface area contributed by atoms with Crippen molar-refractivity contribution in [3.05, 3.63) is 52.3 Å². The molecular weight excluding hydrogens is 285 g/mol. The highest BCUT2D eigenvalue weighted by molar-refractivity contribution is 9.10. The van der Waals surface area contributed by atoms with Crippen LogP contribution in [0.2, 0.25) is 0 Å². The molecule has 2 aromatic rings. The third-order valence-corrected chi connectivity index (χ3v) is 3.16. The molecule has 1 heterocycles. The molecule has 0 aliphatic carbocycles. The summed E-state index contributed by atoms with van der Waals surface area (Å²) in [5.41, 5.74) is 6.50. The van der Waals surface area contributed by atoms with Crippen LogP contribution < -0.4 is 5.73 Å². The Bertz CT molecular complexity index is 524. The molecular formula is C12H13BrFN3. The molecule has 0 spiro atoms. The van der Waals surface area contributed by atoms with E-state index in [1.165, 1.54) is 6.07 Å². The summed E-state index contributed by atoms with van der Waals surface area (Å²) in [5.74, 6) is 0.353. The van der Waals surface area contributed by atoms with Crippen molar-refractivity contribution in [2.75, 3.05) is 0 Å². The second kappa shape index (κ2) is 4.98. The molecule has 2 N–H and O–H groups in total. The van der Waals surface area contributed by atoms with Crippen LogP contribution in [-0.2, 0) is 6.54 Å². The molecule has 2 rings (SSSR count). The first-order valence-corrected chi connectivity index (χ1v) is 6.14. The molecule has 0 saturated heterocycles. The summed E-state index contributed by atoms with van der Waals surface area (Å²) in [5, 5.41) is 0. The van der Waals surface area contributed by atoms with Crippen LogP contribution in [0.5, 0.6) is 0 Å². The van der Waals surface area contributed by atoms with E-state index in [9.17, 15) is 4.39 Å². The SMILES string of the molecule is CCn1ccnc1C(N)c1ccc(Br)cc1F. The van der Waals surface area contributed by atoms with Gasteiger partial charge in [-0.25, -0.2) is 9.37 Å². The lowest BCUT2D eigenvalue weighted by molar-refractivity contribution is 0.580. The van der Waals surface area contributed by atoms with Gasteiger partial charge in [0, 0.05) is 29.0 Å². The molecule has 0 saturated carbocycles. The predicted molar refractivity (Wildman–Crippen MR) is 68.0 cm³/mol. The van der Waals surface area contributed by atoms with Crippen LogP contribution in [0.25, 0.3) is 0 Å².